The molecule has 31 heavy (non-hydrogen) atoms. The average molecular weight is 441 g/mol. The van der Waals surface area contributed by atoms with E-state index in [0.717, 1.165) is 28.2 Å². The molecular weight excluding hydrogens is 416 g/mol. The van der Waals surface area contributed by atoms with Crippen LogP contribution in [0.2, 0.25) is 0 Å². The number of hydrogen-bond acceptors (Lipinski definition) is 5. The van der Waals surface area contributed by atoms with Crippen molar-refractivity contribution >= 4 is 21.6 Å². The Morgan fingerprint density at radius 1 is 1.16 bits per heavy atom. The van der Waals surface area contributed by atoms with E-state index < -0.39 is 16.1 Å². The highest BCUT2D eigenvalue weighted by molar-refractivity contribution is 7.89. The number of carbonyl (C=O) groups excluding carboxylic acids is 1. The van der Waals surface area contributed by atoms with Crippen molar-refractivity contribution in [1.82, 2.24) is 14.5 Å². The van der Waals surface area contributed by atoms with Crippen LogP contribution in [0.5, 0.6) is 0 Å². The quantitative estimate of drug-likeness (QED) is 0.635. The maximum absolute atomic E-state index is 13.2. The molecule has 5 rings (SSSR count). The fraction of sp³-hybridized carbons (Fsp3) is 0.364. The summed E-state index contributed by atoms with van der Waals surface area (Å²) >= 11 is 0. The summed E-state index contributed by atoms with van der Waals surface area (Å²) in [5.74, 6) is 0.748. The van der Waals surface area contributed by atoms with Gasteiger partial charge in [-0.2, -0.15) is 5.10 Å². The summed E-state index contributed by atoms with van der Waals surface area (Å²) < 4.78 is 36.5. The number of furan rings is 1. The largest absolute Gasteiger partial charge is 0.467 e. The van der Waals surface area contributed by atoms with Crippen molar-refractivity contribution in [3.63, 3.8) is 0 Å². The minimum absolute atomic E-state index is 0.106. The maximum Gasteiger partial charge on any atom is 0.240 e. The van der Waals surface area contributed by atoms with Crippen molar-refractivity contribution in [2.24, 2.45) is 0 Å². The Morgan fingerprint density at radius 2 is 1.94 bits per heavy atom. The standard InChI is InChI=1S/C22H24N4O4S/c1-14-10-15(2)26(24-14)19(20-4-3-9-30-20)13-23-31(28,29)18-11-16-5-6-21(27)25-8-7-17(12-18)22(16)25/h3-4,9-12,19,23H,5-8,13H2,1-2H3. The molecule has 0 spiro atoms. The topological polar surface area (TPSA) is 97.4 Å². The van der Waals surface area contributed by atoms with E-state index in [1.54, 1.807) is 34.0 Å². The highest BCUT2D eigenvalue weighted by Gasteiger charge is 2.33. The van der Waals surface area contributed by atoms with Crippen LogP contribution in [0.1, 0.15) is 40.7 Å². The van der Waals surface area contributed by atoms with E-state index in [1.165, 1.54) is 0 Å². The van der Waals surface area contributed by atoms with E-state index in [1.807, 2.05) is 26.0 Å². The Hall–Kier alpha value is -2.91. The molecule has 1 unspecified atom stereocenters. The van der Waals surface area contributed by atoms with Crippen molar-refractivity contribution < 1.29 is 17.6 Å². The van der Waals surface area contributed by atoms with Crippen molar-refractivity contribution in [1.29, 1.82) is 0 Å². The van der Waals surface area contributed by atoms with Gasteiger partial charge >= 0.3 is 0 Å². The number of nitrogens with one attached hydrogen (secondary N) is 1. The second-order valence-corrected chi connectivity index (χ2v) is 9.91. The van der Waals surface area contributed by atoms with Gasteiger partial charge in [0, 0.05) is 25.2 Å². The first-order valence-electron chi connectivity index (χ1n) is 10.4. The fourth-order valence-corrected chi connectivity index (χ4v) is 5.74. The van der Waals surface area contributed by atoms with Crippen molar-refractivity contribution in [3.05, 3.63) is 64.9 Å². The molecule has 0 bridgehead atoms. The number of carbonyl (C=O) groups is 1. The lowest BCUT2D eigenvalue weighted by Gasteiger charge is -2.26. The Balaban J connectivity index is 1.44. The molecule has 2 aliphatic rings. The first-order chi connectivity index (χ1) is 14.8. The Bertz CT molecular complexity index is 1260. The number of sulfonamides is 1. The minimum Gasteiger partial charge on any atom is -0.467 e. The van der Waals surface area contributed by atoms with Gasteiger partial charge in [-0.15, -0.1) is 0 Å². The Morgan fingerprint density at radius 3 is 2.61 bits per heavy atom. The van der Waals surface area contributed by atoms with Crippen LogP contribution in [0.15, 0.2) is 45.9 Å². The number of aromatic nitrogens is 2. The van der Waals surface area contributed by atoms with Crippen LogP contribution in [-0.2, 0) is 27.7 Å². The third-order valence-corrected chi connectivity index (χ3v) is 7.42. The van der Waals surface area contributed by atoms with Gasteiger partial charge in [-0.1, -0.05) is 0 Å². The summed E-state index contributed by atoms with van der Waals surface area (Å²) in [6.45, 7) is 4.56. The molecular formula is C22H24N4O4S. The SMILES string of the molecule is Cc1cc(C)n(C(CNS(=O)(=O)c2cc3c4c(c2)CCN4C(=O)CC3)c2ccco2)n1. The van der Waals surface area contributed by atoms with Gasteiger partial charge in [0.15, 0.2) is 0 Å². The lowest BCUT2D eigenvalue weighted by Crippen LogP contribution is -2.34. The average Bonchev–Trinajstić information content (AvgIpc) is 3.46. The van der Waals surface area contributed by atoms with Gasteiger partial charge in [0.05, 0.1) is 22.5 Å². The molecule has 3 aromatic rings. The number of benzene rings is 1. The van der Waals surface area contributed by atoms with Crippen LogP contribution in [0.4, 0.5) is 5.69 Å². The molecule has 1 N–H and O–H groups in total. The van der Waals surface area contributed by atoms with E-state index in [4.69, 9.17) is 4.42 Å². The summed E-state index contributed by atoms with van der Waals surface area (Å²) in [6, 6.07) is 8.55. The predicted molar refractivity (Wildman–Crippen MR) is 115 cm³/mol. The van der Waals surface area contributed by atoms with Crippen molar-refractivity contribution in [2.75, 3.05) is 18.0 Å². The molecule has 2 aliphatic heterocycles. The zero-order chi connectivity index (χ0) is 21.8. The van der Waals surface area contributed by atoms with E-state index in [0.29, 0.717) is 31.6 Å². The van der Waals surface area contributed by atoms with Crippen molar-refractivity contribution in [2.45, 2.75) is 44.0 Å². The van der Waals surface area contributed by atoms with Crippen LogP contribution in [0.3, 0.4) is 0 Å². The summed E-state index contributed by atoms with van der Waals surface area (Å²) in [4.78, 5) is 14.2. The number of rotatable bonds is 6. The fourth-order valence-electron chi connectivity index (χ4n) is 4.60. The molecule has 1 amide bonds. The van der Waals surface area contributed by atoms with Crippen LogP contribution >= 0.6 is 0 Å². The minimum atomic E-state index is -3.76. The monoisotopic (exact) mass is 440 g/mol. The van der Waals surface area contributed by atoms with Crippen LogP contribution in [0, 0.1) is 13.8 Å². The summed E-state index contributed by atoms with van der Waals surface area (Å²) in [6.07, 6.45) is 3.24. The highest BCUT2D eigenvalue weighted by atomic mass is 32.2. The van der Waals surface area contributed by atoms with Crippen LogP contribution < -0.4 is 9.62 Å². The summed E-state index contributed by atoms with van der Waals surface area (Å²) in [5.41, 5.74) is 4.54. The van der Waals surface area contributed by atoms with Gasteiger partial charge in [0.25, 0.3) is 0 Å². The molecule has 0 aliphatic carbocycles. The van der Waals surface area contributed by atoms with E-state index in [-0.39, 0.29) is 17.3 Å². The lowest BCUT2D eigenvalue weighted by molar-refractivity contribution is -0.118. The number of amides is 1. The molecule has 1 atom stereocenters. The van der Waals surface area contributed by atoms with Gasteiger partial charge in [0.1, 0.15) is 11.8 Å². The first kappa shape index (κ1) is 20.0. The molecule has 0 radical (unpaired) electrons. The molecule has 8 nitrogen and oxygen atoms in total. The van der Waals surface area contributed by atoms with E-state index in [2.05, 4.69) is 9.82 Å². The summed E-state index contributed by atoms with van der Waals surface area (Å²) in [7, 11) is -3.76. The smallest absolute Gasteiger partial charge is 0.240 e. The van der Waals surface area contributed by atoms with Crippen LogP contribution in [0.25, 0.3) is 0 Å². The molecule has 4 heterocycles. The zero-order valence-corrected chi connectivity index (χ0v) is 18.3. The first-order valence-corrected chi connectivity index (χ1v) is 11.8. The van der Waals surface area contributed by atoms with Gasteiger partial charge in [-0.3, -0.25) is 9.48 Å². The second kappa shape index (κ2) is 7.35. The summed E-state index contributed by atoms with van der Waals surface area (Å²) in [5, 5.41) is 4.52. The van der Waals surface area contributed by atoms with Gasteiger partial charge in [-0.25, -0.2) is 13.1 Å². The van der Waals surface area contributed by atoms with Gasteiger partial charge in [-0.05, 0) is 68.1 Å². The maximum atomic E-state index is 13.2. The van der Waals surface area contributed by atoms with Gasteiger partial charge < -0.3 is 9.32 Å². The number of aryl methyl sites for hydroxylation is 3. The molecule has 0 fully saturated rings. The molecule has 162 valence electrons. The van der Waals surface area contributed by atoms with E-state index >= 15 is 0 Å². The number of hydrogen-bond donors (Lipinski definition) is 1. The second-order valence-electron chi connectivity index (χ2n) is 8.14. The van der Waals surface area contributed by atoms with Crippen LogP contribution in [-0.4, -0.2) is 37.2 Å². The predicted octanol–water partition coefficient (Wildman–Crippen LogP) is 2.50. The Kier molecular flexibility index (Phi) is 4.75. The Labute approximate surface area is 180 Å². The third-order valence-electron chi connectivity index (χ3n) is 6.01. The number of nitrogens with zero attached hydrogens (tertiary/aromatic N) is 3. The van der Waals surface area contributed by atoms with Crippen molar-refractivity contribution in [3.8, 4) is 0 Å². The van der Waals surface area contributed by atoms with E-state index in [9.17, 15) is 13.2 Å². The molecule has 2 aromatic heterocycles. The zero-order valence-electron chi connectivity index (χ0n) is 17.5. The third kappa shape index (κ3) is 3.47. The normalized spacial score (nSPS) is 16.6. The number of anilines is 1. The molecule has 0 saturated heterocycles. The molecule has 0 saturated carbocycles. The lowest BCUT2D eigenvalue weighted by atomic mass is 10.00. The molecule has 1 aromatic carbocycles. The van der Waals surface area contributed by atoms with Gasteiger partial charge in [0.2, 0.25) is 15.9 Å². The highest BCUT2D eigenvalue weighted by Crippen LogP contribution is 2.38. The molecule has 9 heteroatoms.